The predicted molar refractivity (Wildman–Crippen MR) is 95.6 cm³/mol. The highest BCUT2D eigenvalue weighted by molar-refractivity contribution is 8.06. The number of carboxylic acids is 1. The van der Waals surface area contributed by atoms with Crippen LogP contribution in [0.25, 0.3) is 0 Å². The first-order valence-corrected chi connectivity index (χ1v) is 9.72. The Labute approximate surface area is 151 Å². The normalized spacial score (nSPS) is 17.6. The van der Waals surface area contributed by atoms with E-state index in [0.29, 0.717) is 18.5 Å². The highest BCUT2D eigenvalue weighted by atomic mass is 32.2. The van der Waals surface area contributed by atoms with Crippen LogP contribution < -0.4 is 0 Å². The van der Waals surface area contributed by atoms with Crippen LogP contribution in [0.1, 0.15) is 29.9 Å². The Kier molecular flexibility index (Phi) is 5.18. The lowest BCUT2D eigenvalue weighted by atomic mass is 9.92. The second kappa shape index (κ2) is 7.37. The summed E-state index contributed by atoms with van der Waals surface area (Å²) in [6.45, 7) is 0.418. The summed E-state index contributed by atoms with van der Waals surface area (Å²) in [5.41, 5.74) is 1.34. The molecule has 1 atom stereocenters. The molecule has 7 heteroatoms. The minimum Gasteiger partial charge on any atom is -0.481 e. The molecule has 1 aliphatic rings. The summed E-state index contributed by atoms with van der Waals surface area (Å²) in [4.78, 5) is 15.2. The number of carboxylic acid groups (broad SMARTS) is 1. The number of carbonyl (C=O) groups is 1. The maximum atomic E-state index is 13.1. The number of benzene rings is 2. The fraction of sp³-hybridized carbons (Fsp3) is 0.263. The van der Waals surface area contributed by atoms with Crippen molar-refractivity contribution in [2.45, 2.75) is 30.1 Å². The Morgan fingerprint density at radius 3 is 2.62 bits per heavy atom. The van der Waals surface area contributed by atoms with E-state index in [1.807, 2.05) is 0 Å². The van der Waals surface area contributed by atoms with Gasteiger partial charge in [0.2, 0.25) is 9.84 Å². The first-order valence-electron chi connectivity index (χ1n) is 8.23. The van der Waals surface area contributed by atoms with Gasteiger partial charge in [-0.25, -0.2) is 12.8 Å². The molecule has 0 amide bonds. The van der Waals surface area contributed by atoms with Gasteiger partial charge < -0.3 is 5.11 Å². The number of nitrogens with zero attached hydrogens (tertiary/aromatic N) is 1. The Hall–Kier alpha value is -2.54. The summed E-state index contributed by atoms with van der Waals surface area (Å²) in [6.07, 6.45) is 1.23. The van der Waals surface area contributed by atoms with Crippen LogP contribution in [-0.2, 0) is 21.1 Å². The van der Waals surface area contributed by atoms with E-state index in [0.717, 1.165) is 24.1 Å². The second-order valence-corrected chi connectivity index (χ2v) is 8.08. The van der Waals surface area contributed by atoms with Gasteiger partial charge in [-0.05, 0) is 48.2 Å². The van der Waals surface area contributed by atoms with Gasteiger partial charge in [-0.1, -0.05) is 24.3 Å². The Balaban J connectivity index is 2.00. The zero-order valence-corrected chi connectivity index (χ0v) is 14.7. The molecule has 0 aromatic heterocycles. The van der Waals surface area contributed by atoms with Crippen molar-refractivity contribution in [1.29, 1.82) is 0 Å². The summed E-state index contributed by atoms with van der Waals surface area (Å²) >= 11 is 0. The molecule has 0 bridgehead atoms. The summed E-state index contributed by atoms with van der Waals surface area (Å²) in [7, 11) is -3.85. The van der Waals surface area contributed by atoms with Crippen LogP contribution in [0.2, 0.25) is 0 Å². The van der Waals surface area contributed by atoms with Crippen LogP contribution in [0.15, 0.2) is 58.4 Å². The number of hydrogen-bond donors (Lipinski definition) is 1. The molecule has 0 aliphatic carbocycles. The average Bonchev–Trinajstić information content (AvgIpc) is 2.62. The van der Waals surface area contributed by atoms with Crippen LogP contribution in [-0.4, -0.2) is 31.1 Å². The fourth-order valence-electron chi connectivity index (χ4n) is 3.13. The first-order chi connectivity index (χ1) is 12.4. The highest BCUT2D eigenvalue weighted by Crippen LogP contribution is 2.32. The number of hydrogen-bond acceptors (Lipinski definition) is 4. The molecule has 1 aliphatic heterocycles. The molecule has 1 N–H and O–H groups in total. The van der Waals surface area contributed by atoms with E-state index in [2.05, 4.69) is 4.99 Å². The van der Waals surface area contributed by atoms with E-state index >= 15 is 0 Å². The smallest absolute Gasteiger partial charge is 0.307 e. The number of sulfone groups is 1. The van der Waals surface area contributed by atoms with Gasteiger partial charge in [0, 0.05) is 12.5 Å². The van der Waals surface area contributed by atoms with Crippen molar-refractivity contribution in [3.63, 3.8) is 0 Å². The van der Waals surface area contributed by atoms with E-state index < -0.39 is 27.5 Å². The number of halogens is 1. The largest absolute Gasteiger partial charge is 0.481 e. The molecular formula is C19H18FNO4S. The predicted octanol–water partition coefficient (Wildman–Crippen LogP) is 3.20. The Morgan fingerprint density at radius 2 is 1.92 bits per heavy atom. The monoisotopic (exact) mass is 375 g/mol. The molecule has 0 spiro atoms. The lowest BCUT2D eigenvalue weighted by molar-refractivity contribution is -0.136. The van der Waals surface area contributed by atoms with Gasteiger partial charge in [-0.15, -0.1) is 0 Å². The van der Waals surface area contributed by atoms with Crippen LogP contribution in [0.4, 0.5) is 4.39 Å². The van der Waals surface area contributed by atoms with Gasteiger partial charge in [0.05, 0.1) is 11.3 Å². The van der Waals surface area contributed by atoms with Crippen molar-refractivity contribution < 1.29 is 22.7 Å². The van der Waals surface area contributed by atoms with E-state index in [-0.39, 0.29) is 16.4 Å². The Morgan fingerprint density at radius 1 is 1.19 bits per heavy atom. The molecule has 0 fully saturated rings. The molecule has 0 saturated heterocycles. The van der Waals surface area contributed by atoms with E-state index in [1.165, 1.54) is 12.1 Å². The lowest BCUT2D eigenvalue weighted by Gasteiger charge is -2.24. The maximum Gasteiger partial charge on any atom is 0.307 e. The molecular weight excluding hydrogens is 357 g/mol. The van der Waals surface area contributed by atoms with Gasteiger partial charge in [-0.3, -0.25) is 9.79 Å². The van der Waals surface area contributed by atoms with Gasteiger partial charge in [-0.2, -0.15) is 0 Å². The van der Waals surface area contributed by atoms with Crippen molar-refractivity contribution in [2.75, 3.05) is 6.54 Å². The number of aliphatic imine (C=N–C) groups is 1. The Bertz CT molecular complexity index is 952. The van der Waals surface area contributed by atoms with Crippen LogP contribution in [0.3, 0.4) is 0 Å². The van der Waals surface area contributed by atoms with Gasteiger partial charge in [0.25, 0.3) is 0 Å². The lowest BCUT2D eigenvalue weighted by Crippen LogP contribution is -2.27. The SMILES string of the molecule is O=C(O)Cc1cccc(C2CCCN=C2S(=O)(=O)c2ccc(F)cc2)c1. The molecule has 136 valence electrons. The molecule has 2 aromatic carbocycles. The van der Waals surface area contributed by atoms with Crippen molar-refractivity contribution in [2.24, 2.45) is 4.99 Å². The minimum atomic E-state index is -3.85. The summed E-state index contributed by atoms with van der Waals surface area (Å²) in [5.74, 6) is -1.89. The van der Waals surface area contributed by atoms with E-state index in [9.17, 15) is 17.6 Å². The zero-order valence-electron chi connectivity index (χ0n) is 13.9. The molecule has 26 heavy (non-hydrogen) atoms. The van der Waals surface area contributed by atoms with Gasteiger partial charge in [0.15, 0.2) is 0 Å². The first kappa shape index (κ1) is 18.3. The minimum absolute atomic E-state index is 0.00578. The number of rotatable bonds is 4. The summed E-state index contributed by atoms with van der Waals surface area (Å²) in [5, 5.41) is 9.03. The fourth-order valence-corrected chi connectivity index (χ4v) is 4.75. The van der Waals surface area contributed by atoms with Crippen LogP contribution in [0.5, 0.6) is 0 Å². The highest BCUT2D eigenvalue weighted by Gasteiger charge is 2.33. The maximum absolute atomic E-state index is 13.1. The van der Waals surface area contributed by atoms with Crippen LogP contribution >= 0.6 is 0 Å². The number of aliphatic carboxylic acids is 1. The van der Waals surface area contributed by atoms with E-state index in [1.54, 1.807) is 24.3 Å². The zero-order chi connectivity index (χ0) is 18.7. The van der Waals surface area contributed by atoms with Crippen molar-refractivity contribution >= 4 is 20.9 Å². The van der Waals surface area contributed by atoms with Crippen molar-refractivity contribution in [3.8, 4) is 0 Å². The quantitative estimate of drug-likeness (QED) is 0.832. The standard InChI is InChI=1S/C19H18FNO4S/c20-15-6-8-16(9-7-15)26(24,25)19-17(5-2-10-21-19)14-4-1-3-13(11-14)12-18(22)23/h1,3-4,6-9,11,17H,2,5,10,12H2,(H,22,23). The molecule has 0 saturated carbocycles. The average molecular weight is 375 g/mol. The topological polar surface area (TPSA) is 83.8 Å². The molecule has 2 aromatic rings. The van der Waals surface area contributed by atoms with Gasteiger partial charge in [0.1, 0.15) is 10.9 Å². The molecule has 5 nitrogen and oxygen atoms in total. The van der Waals surface area contributed by atoms with Crippen molar-refractivity contribution in [1.82, 2.24) is 0 Å². The van der Waals surface area contributed by atoms with Gasteiger partial charge >= 0.3 is 5.97 Å². The molecule has 0 radical (unpaired) electrons. The summed E-state index contributed by atoms with van der Waals surface area (Å²) < 4.78 is 39.1. The molecule has 1 heterocycles. The third-order valence-electron chi connectivity index (χ3n) is 4.32. The van der Waals surface area contributed by atoms with Crippen molar-refractivity contribution in [3.05, 3.63) is 65.5 Å². The summed E-state index contributed by atoms with van der Waals surface area (Å²) in [6, 6.07) is 11.6. The molecule has 1 unspecified atom stereocenters. The second-order valence-electron chi connectivity index (χ2n) is 6.19. The third kappa shape index (κ3) is 3.83. The third-order valence-corrected chi connectivity index (χ3v) is 6.18. The van der Waals surface area contributed by atoms with Crippen LogP contribution in [0, 0.1) is 5.82 Å². The van der Waals surface area contributed by atoms with E-state index in [4.69, 9.17) is 5.11 Å². The molecule has 3 rings (SSSR count).